The lowest BCUT2D eigenvalue weighted by molar-refractivity contribution is 0.421. The number of aromatic hydroxyl groups is 3. The molecule has 0 unspecified atom stereocenters. The Morgan fingerprint density at radius 3 is 0.906 bits per heavy atom. The van der Waals surface area contributed by atoms with Crippen LogP contribution in [0.1, 0.15) is 148 Å². The van der Waals surface area contributed by atoms with Crippen molar-refractivity contribution < 1.29 is 15.3 Å². The third kappa shape index (κ3) is 8.66. The van der Waals surface area contributed by atoms with Crippen molar-refractivity contribution in [3.63, 3.8) is 0 Å². The molecule has 53 heavy (non-hydrogen) atoms. The largest absolute Gasteiger partial charge is 0.508 e. The Morgan fingerprint density at radius 2 is 0.642 bits per heavy atom. The van der Waals surface area contributed by atoms with Crippen LogP contribution in [-0.2, 0) is 46.7 Å². The summed E-state index contributed by atoms with van der Waals surface area (Å²) in [7, 11) is 0. The van der Waals surface area contributed by atoms with E-state index < -0.39 is 44.1 Å². The Bertz CT molecular complexity index is 2030. The maximum absolute atomic E-state index is 14.5. The molecule has 0 fully saturated rings. The van der Waals surface area contributed by atoms with Crippen molar-refractivity contribution in [2.45, 2.75) is 151 Å². The Kier molecular flexibility index (Phi) is 10.7. The van der Waals surface area contributed by atoms with E-state index in [-0.39, 0.29) is 36.9 Å². The van der Waals surface area contributed by atoms with Crippen LogP contribution in [0.2, 0.25) is 0 Å². The van der Waals surface area contributed by atoms with Crippen molar-refractivity contribution in [1.29, 1.82) is 0 Å². The third-order valence-corrected chi connectivity index (χ3v) is 9.85. The normalized spacial score (nSPS) is 13.1. The lowest BCUT2D eigenvalue weighted by Gasteiger charge is -2.28. The van der Waals surface area contributed by atoms with E-state index in [1.54, 1.807) is 18.2 Å². The molecular formula is C44H61N3O6. The van der Waals surface area contributed by atoms with Crippen molar-refractivity contribution >= 4 is 0 Å². The zero-order chi connectivity index (χ0) is 40.4. The maximum Gasteiger partial charge on any atom is 0.336 e. The predicted octanol–water partition coefficient (Wildman–Crippen LogP) is 7.92. The molecule has 0 aliphatic heterocycles. The summed E-state index contributed by atoms with van der Waals surface area (Å²) in [6.45, 7) is 29.5. The molecule has 9 heteroatoms. The molecule has 0 aliphatic rings. The van der Waals surface area contributed by atoms with E-state index in [1.807, 2.05) is 128 Å². The molecule has 0 radical (unpaired) electrons. The highest BCUT2D eigenvalue weighted by molar-refractivity contribution is 5.51. The molecule has 4 aromatic rings. The quantitative estimate of drug-likeness (QED) is 0.185. The number of rotatable bonds is 6. The van der Waals surface area contributed by atoms with Gasteiger partial charge in [0.05, 0.1) is 19.6 Å². The van der Waals surface area contributed by atoms with Gasteiger partial charge < -0.3 is 15.3 Å². The Balaban J connectivity index is 2.05. The minimum atomic E-state index is -0.763. The van der Waals surface area contributed by atoms with E-state index in [2.05, 4.69) is 0 Å². The van der Waals surface area contributed by atoms with Crippen LogP contribution < -0.4 is 17.1 Å². The molecule has 3 aromatic carbocycles. The SMILES string of the molecule is CC(C)(C)c1cc(Cn2c(=O)n(Cc3cc(C(C)(C)C)c(O)c(C(C)(C)C)c3)c(=O)n(Cc3cc(C(C)(C)C)c(O)c(C(C)(C)C)c3)c2=O)ccc1O. The molecule has 0 spiro atoms. The van der Waals surface area contributed by atoms with Gasteiger partial charge in [0.25, 0.3) is 0 Å². The number of hydrogen-bond donors (Lipinski definition) is 3. The minimum Gasteiger partial charge on any atom is -0.508 e. The van der Waals surface area contributed by atoms with Gasteiger partial charge in [-0.05, 0) is 108 Å². The first kappa shape index (κ1) is 41.2. The summed E-state index contributed by atoms with van der Waals surface area (Å²) in [6, 6.07) is 12.3. The highest BCUT2D eigenvalue weighted by atomic mass is 16.3. The third-order valence-electron chi connectivity index (χ3n) is 9.85. The number of phenols is 3. The van der Waals surface area contributed by atoms with Crippen LogP contribution in [-0.4, -0.2) is 29.0 Å². The summed E-state index contributed by atoms with van der Waals surface area (Å²) in [4.78, 5) is 43.3. The number of phenolic OH excluding ortho intramolecular Hbond substituents is 3. The second-order valence-electron chi connectivity index (χ2n) is 19.8. The van der Waals surface area contributed by atoms with Crippen LogP contribution in [0.3, 0.4) is 0 Å². The van der Waals surface area contributed by atoms with E-state index in [0.29, 0.717) is 44.5 Å². The second-order valence-corrected chi connectivity index (χ2v) is 19.8. The summed E-state index contributed by atoms with van der Waals surface area (Å²) < 4.78 is 3.26. The van der Waals surface area contributed by atoms with E-state index >= 15 is 0 Å². The predicted molar refractivity (Wildman–Crippen MR) is 214 cm³/mol. The van der Waals surface area contributed by atoms with Crippen LogP contribution in [0.4, 0.5) is 0 Å². The molecule has 288 valence electrons. The van der Waals surface area contributed by atoms with Crippen LogP contribution in [0.15, 0.2) is 56.8 Å². The average molecular weight is 728 g/mol. The van der Waals surface area contributed by atoms with Gasteiger partial charge in [0.1, 0.15) is 17.2 Å². The van der Waals surface area contributed by atoms with E-state index in [4.69, 9.17) is 0 Å². The second kappa shape index (κ2) is 13.7. The smallest absolute Gasteiger partial charge is 0.336 e. The van der Waals surface area contributed by atoms with Crippen LogP contribution in [0.25, 0.3) is 0 Å². The molecule has 0 saturated carbocycles. The van der Waals surface area contributed by atoms with E-state index in [1.165, 1.54) is 0 Å². The summed E-state index contributed by atoms with van der Waals surface area (Å²) in [5, 5.41) is 33.4. The van der Waals surface area contributed by atoms with Gasteiger partial charge in [-0.15, -0.1) is 0 Å². The molecule has 0 aliphatic carbocycles. The molecule has 0 bridgehead atoms. The summed E-state index contributed by atoms with van der Waals surface area (Å²) in [5.74, 6) is 0.480. The van der Waals surface area contributed by atoms with Crippen molar-refractivity contribution in [2.75, 3.05) is 0 Å². The molecule has 0 amide bonds. The van der Waals surface area contributed by atoms with Gasteiger partial charge in [-0.3, -0.25) is 0 Å². The fraction of sp³-hybridized carbons (Fsp3) is 0.523. The lowest BCUT2D eigenvalue weighted by atomic mass is 9.78. The summed E-state index contributed by atoms with van der Waals surface area (Å²) in [5.41, 5.74) is 0.855. The van der Waals surface area contributed by atoms with Crippen molar-refractivity contribution in [3.05, 3.63) is 118 Å². The van der Waals surface area contributed by atoms with Crippen LogP contribution >= 0.6 is 0 Å². The topological polar surface area (TPSA) is 127 Å². The number of aromatic nitrogens is 3. The zero-order valence-corrected chi connectivity index (χ0v) is 34.6. The fourth-order valence-corrected chi connectivity index (χ4v) is 6.78. The first-order valence-electron chi connectivity index (χ1n) is 18.4. The van der Waals surface area contributed by atoms with Crippen LogP contribution in [0.5, 0.6) is 17.2 Å². The molecule has 0 saturated heterocycles. The van der Waals surface area contributed by atoms with E-state index in [0.717, 1.165) is 13.7 Å². The Labute approximate surface area is 314 Å². The minimum absolute atomic E-state index is 0.115. The molecule has 0 atom stereocenters. The average Bonchev–Trinajstić information content (AvgIpc) is 2.98. The molecule has 9 nitrogen and oxygen atoms in total. The highest BCUT2D eigenvalue weighted by Gasteiger charge is 2.29. The lowest BCUT2D eigenvalue weighted by Crippen LogP contribution is -2.54. The maximum atomic E-state index is 14.5. The van der Waals surface area contributed by atoms with Gasteiger partial charge in [-0.2, -0.15) is 0 Å². The Hall–Kier alpha value is -4.53. The molecule has 3 N–H and O–H groups in total. The molecule has 1 aromatic heterocycles. The van der Waals surface area contributed by atoms with Gasteiger partial charge in [0.2, 0.25) is 0 Å². The Morgan fingerprint density at radius 1 is 0.396 bits per heavy atom. The summed E-state index contributed by atoms with van der Waals surface area (Å²) in [6.07, 6.45) is 0. The van der Waals surface area contributed by atoms with Gasteiger partial charge in [0, 0.05) is 0 Å². The van der Waals surface area contributed by atoms with Gasteiger partial charge in [-0.25, -0.2) is 28.1 Å². The fourth-order valence-electron chi connectivity index (χ4n) is 6.78. The monoisotopic (exact) mass is 727 g/mol. The first-order valence-corrected chi connectivity index (χ1v) is 18.4. The van der Waals surface area contributed by atoms with E-state index in [9.17, 15) is 29.7 Å². The standard InChI is InChI=1S/C44H61N3O6/c1-40(2,3)29-18-26(16-17-34(29)48)23-45-37(51)46(24-27-19-30(41(4,5)6)35(49)31(20-27)42(7,8)9)39(53)47(38(45)52)25-28-21-32(43(10,11)12)36(50)33(22-28)44(13,14)15/h16-22,48-50H,23-25H2,1-15H3. The summed E-state index contributed by atoms with van der Waals surface area (Å²) >= 11 is 0. The van der Waals surface area contributed by atoms with Crippen LogP contribution in [0, 0.1) is 0 Å². The van der Waals surface area contributed by atoms with Gasteiger partial charge in [0.15, 0.2) is 0 Å². The van der Waals surface area contributed by atoms with Gasteiger partial charge in [-0.1, -0.05) is 110 Å². The first-order chi connectivity index (χ1) is 23.9. The van der Waals surface area contributed by atoms with Crippen molar-refractivity contribution in [3.8, 4) is 17.2 Å². The molecular weight excluding hydrogens is 666 g/mol. The molecule has 1 heterocycles. The van der Waals surface area contributed by atoms with Crippen molar-refractivity contribution in [1.82, 2.24) is 13.7 Å². The number of hydrogen-bond acceptors (Lipinski definition) is 6. The number of nitrogens with zero attached hydrogens (tertiary/aromatic N) is 3. The number of benzene rings is 3. The molecule has 4 rings (SSSR count). The van der Waals surface area contributed by atoms with Gasteiger partial charge >= 0.3 is 17.1 Å². The highest BCUT2D eigenvalue weighted by Crippen LogP contribution is 2.41. The van der Waals surface area contributed by atoms with Crippen molar-refractivity contribution in [2.24, 2.45) is 0 Å². The zero-order valence-electron chi connectivity index (χ0n) is 34.6.